The zero-order valence-electron chi connectivity index (χ0n) is 119. The Morgan fingerprint density at radius 3 is 0.815 bits per heavy atom. The van der Waals surface area contributed by atoms with Crippen LogP contribution in [0.15, 0.2) is 239 Å². The van der Waals surface area contributed by atoms with E-state index < -0.39 is 253 Å². The molecular formula is C105H140N10O10S5. The van der Waals surface area contributed by atoms with Gasteiger partial charge in [0.2, 0.25) is 29.5 Å². The monoisotopic (exact) mass is 1910 g/mol. The van der Waals surface area contributed by atoms with Crippen LogP contribution in [0.3, 0.4) is 0 Å². The van der Waals surface area contributed by atoms with Crippen LogP contribution in [-0.2, 0) is 79.6 Å². The van der Waals surface area contributed by atoms with Gasteiger partial charge in [-0.3, -0.25) is 48.5 Å². The van der Waals surface area contributed by atoms with Crippen molar-refractivity contribution in [3.8, 4) is 0 Å². The molecule has 5 aromatic heterocycles. The number of carbonyl (C=O) groups is 5. The van der Waals surface area contributed by atoms with Gasteiger partial charge in [-0.05, 0) is 150 Å². The lowest BCUT2D eigenvalue weighted by Crippen LogP contribution is -2.59. The smallest absolute Gasteiger partial charge is 0.229 e. The Morgan fingerprint density at radius 2 is 0.569 bits per heavy atom. The molecule has 0 bridgehead atoms. The zero-order valence-corrected chi connectivity index (χ0v) is 77.2. The van der Waals surface area contributed by atoms with Crippen molar-refractivity contribution in [1.29, 1.82) is 0 Å². The molecule has 5 aliphatic rings. The quantitative estimate of drug-likeness (QED) is 0.0344. The molecule has 0 radical (unpaired) electrons. The zero-order chi connectivity index (χ0) is 132. The molecule has 5 aliphatic heterocycles. The molecule has 0 spiro atoms. The topological polar surface area (TPSA) is 164 Å². The highest BCUT2D eigenvalue weighted by molar-refractivity contribution is 7.11. The standard InChI is InChI=1S/5C21H28N2O2S/c5*1-3-20(24)23(18-8-5-4-6-9-18)21(25-2)12-15-22(16-13-21)14-11-19-10-7-17-26-19/h5*4-10,17H,3,11-16H2,1-2H3/i1D3,2D3,3D2,4D,5D,6D,8D,9D,11D2;1D3,3D2,4D,5D,6D,8D,9D,11D2;4D,5D,6D,8D,9D,14D2;1D3,2D3,3D2,11D2;14D2. The third-order valence-corrected chi connectivity index (χ3v) is 27.1. The Balaban J connectivity index is 0.000000206. The molecule has 0 saturated carbocycles. The second kappa shape index (κ2) is 52.3. The normalized spacial score (nSPS) is 23.7. The summed E-state index contributed by atoms with van der Waals surface area (Å²) in [5, 5.41) is 9.14. The predicted octanol–water partition coefficient (Wildman–Crippen LogP) is 20.9. The SMILES string of the molecule is [2H]C([2H])(Cc1cccs1)N1CCC(OC)(N(C(=O)CC)c2ccccc2)CC1.[2H]C([2H])([2H])OC1(N(C(=O)C([2H])([2H])C([2H])([2H])[2H])c2ccccc2)CCN(CC([2H])([2H])c2cccs2)CC1.[2H]c1c([2H])c([2H])c(N(C(=O)C([2H])([2H])C([2H])([2H])[2H])C2(OC([2H])([2H])[2H])CCN(CC([2H])([2H])c3cccs3)CC2)c([2H])c1[2H].[2H]c1c([2H])c([2H])c(N(C(=O)C([2H])([2H])C([2H])([2H])[2H])C2(OC)CCN(CC([2H])([2H])c3cccs3)CC2)c([2H])c1[2H].[2H]c1c([2H])c([2H])c(N(C(=O)CC)C2(OC)CCN(C([2H])([2H])Cc3cccs3)CC2)c([2H])c1[2H]. The van der Waals surface area contributed by atoms with Gasteiger partial charge >= 0.3 is 0 Å². The number of carbonyl (C=O) groups excluding carboxylic acids is 5. The molecule has 0 atom stereocenters. The van der Waals surface area contributed by atoms with Crippen molar-refractivity contribution in [2.24, 2.45) is 0 Å². The Kier molecular flexibility index (Phi) is 22.5. The molecule has 130 heavy (non-hydrogen) atoms. The van der Waals surface area contributed by atoms with Crippen molar-refractivity contribution in [2.75, 3.05) is 158 Å². The van der Waals surface area contributed by atoms with Crippen LogP contribution in [-0.4, -0.2) is 216 Å². The highest BCUT2D eigenvalue weighted by Crippen LogP contribution is 2.41. The van der Waals surface area contributed by atoms with Crippen molar-refractivity contribution >= 4 is 115 Å². The van der Waals surface area contributed by atoms with Crippen LogP contribution in [0.25, 0.3) is 0 Å². The second-order valence-corrected chi connectivity index (χ2v) is 35.1. The summed E-state index contributed by atoms with van der Waals surface area (Å²) in [6, 6.07) is 24.2. The van der Waals surface area contributed by atoms with E-state index in [-0.39, 0.29) is 146 Å². The second-order valence-electron chi connectivity index (χ2n) is 30.2. The Bertz CT molecular complexity index is 7090. The number of rotatable bonds is 35. The molecule has 20 nitrogen and oxygen atoms in total. The number of benzene rings is 5. The molecule has 5 saturated heterocycles. The number of thiophene rings is 5. The van der Waals surface area contributed by atoms with Crippen LogP contribution in [0.2, 0.25) is 0 Å². The highest BCUT2D eigenvalue weighted by Gasteiger charge is 2.48. The van der Waals surface area contributed by atoms with Gasteiger partial charge in [0.1, 0.15) is 28.6 Å². The minimum Gasteiger partial charge on any atom is -0.358 e. The maximum Gasteiger partial charge on any atom is 0.229 e. The number of amides is 5. The molecule has 0 unspecified atom stereocenters. The number of ether oxygens (including phenoxy) is 5. The van der Waals surface area contributed by atoms with Crippen LogP contribution in [0, 0.1) is 0 Å². The van der Waals surface area contributed by atoms with Gasteiger partial charge in [0.15, 0.2) is 0 Å². The third-order valence-electron chi connectivity index (χ3n) is 22.9. The number of nitrogens with zero attached hydrogens (tertiary/aromatic N) is 10. The molecule has 15 rings (SSSR count). The fraction of sp³-hybridized carbons (Fsp3) is 0.476. The largest absolute Gasteiger partial charge is 0.358 e. The summed E-state index contributed by atoms with van der Waals surface area (Å²) in [5.74, 6) is -5.34. The van der Waals surface area contributed by atoms with Gasteiger partial charge in [-0.25, -0.2) is 0 Å². The summed E-state index contributed by atoms with van der Waals surface area (Å²) in [4.78, 5) is 83.8. The molecule has 25 heteroatoms. The van der Waals surface area contributed by atoms with Gasteiger partial charge in [0.05, 0.1) is 28.8 Å². The van der Waals surface area contributed by atoms with Gasteiger partial charge < -0.3 is 48.2 Å². The van der Waals surface area contributed by atoms with E-state index in [9.17, 15) is 24.0 Å². The summed E-state index contributed by atoms with van der Waals surface area (Å²) in [6.07, 6.45) is -14.2. The summed E-state index contributed by atoms with van der Waals surface area (Å²) >= 11 is 6.85. The van der Waals surface area contributed by atoms with E-state index in [4.69, 9.17) is 86.7 Å². The van der Waals surface area contributed by atoms with Crippen LogP contribution in [0.4, 0.5) is 28.4 Å². The minimum absolute atomic E-state index is 0.00597. The molecule has 10 aromatic rings. The summed E-state index contributed by atoms with van der Waals surface area (Å²) in [6.45, 7) is -8.05. The number of methoxy groups -OCH3 is 5. The molecule has 5 fully saturated rings. The number of hydrogen-bond acceptors (Lipinski definition) is 20. The summed E-state index contributed by atoms with van der Waals surface area (Å²) in [5.41, 5.74) is -8.93. The first-order valence-corrected chi connectivity index (χ1v) is 46.7. The fourth-order valence-electron chi connectivity index (χ4n) is 15.8. The van der Waals surface area contributed by atoms with Crippen LogP contribution in [0.5, 0.6) is 0 Å². The van der Waals surface area contributed by atoms with E-state index in [1.165, 1.54) is 76.6 Å². The van der Waals surface area contributed by atoms with Gasteiger partial charge in [-0.1, -0.05) is 156 Å². The van der Waals surface area contributed by atoms with Crippen molar-refractivity contribution in [1.82, 2.24) is 24.5 Å². The Hall–Kier alpha value is -8.45. The van der Waals surface area contributed by atoms with Crippen molar-refractivity contribution in [2.45, 2.75) is 191 Å². The van der Waals surface area contributed by atoms with Gasteiger partial charge in [-0.2, -0.15) is 0 Å². The molecule has 10 heterocycles. The molecule has 5 amide bonds. The average molecular weight is 1910 g/mol. The molecule has 0 aliphatic carbocycles. The fourth-order valence-corrected chi connectivity index (χ4v) is 18.9. The number of likely N-dealkylation sites (tertiary alicyclic amines) is 5. The van der Waals surface area contributed by atoms with Crippen molar-refractivity contribution < 1.29 is 111 Å². The maximum atomic E-state index is 13.8. The van der Waals surface area contributed by atoms with Gasteiger partial charge in [0.25, 0.3) is 0 Å². The lowest BCUT2D eigenvalue weighted by Gasteiger charge is -2.47. The Labute approximate surface area is 859 Å². The number of aryl methyl sites for hydroxylation is 2. The Morgan fingerprint density at radius 1 is 0.323 bits per heavy atom. The number of anilines is 5. The van der Waals surface area contributed by atoms with Gasteiger partial charge in [-0.15, -0.1) is 56.7 Å². The van der Waals surface area contributed by atoms with Gasteiger partial charge in [0, 0.05) is 317 Å². The summed E-state index contributed by atoms with van der Waals surface area (Å²) < 4.78 is 399. The molecule has 700 valence electrons. The van der Waals surface area contributed by atoms with Crippen molar-refractivity contribution in [3.05, 3.63) is 263 Å². The summed E-state index contributed by atoms with van der Waals surface area (Å²) in [7, 11) is -1.95. The average Bonchev–Trinajstić information content (AvgIpc) is 0.789. The first-order valence-electron chi connectivity index (χ1n) is 65.3. The first-order chi connectivity index (χ1) is 81.4. The third kappa shape index (κ3) is 27.6. The van der Waals surface area contributed by atoms with E-state index in [1.54, 1.807) is 121 Å². The maximum absolute atomic E-state index is 13.8. The van der Waals surface area contributed by atoms with Crippen molar-refractivity contribution in [3.63, 3.8) is 0 Å². The number of para-hydroxylation sites is 5. The van der Waals surface area contributed by atoms with E-state index in [2.05, 4.69) is 0 Å². The lowest BCUT2D eigenvalue weighted by molar-refractivity contribution is -0.128. The van der Waals surface area contributed by atoms with Crippen LogP contribution < -0.4 is 24.5 Å². The van der Waals surface area contributed by atoms with Crippen LogP contribution >= 0.6 is 56.7 Å². The minimum atomic E-state index is -3.69. The highest BCUT2D eigenvalue weighted by atomic mass is 32.1. The number of hydrogen-bond donors (Lipinski definition) is 0. The van der Waals surface area contributed by atoms with E-state index >= 15 is 0 Å². The number of piperidine rings is 5. The first kappa shape index (κ1) is 56.0. The lowest BCUT2D eigenvalue weighted by atomic mass is 9.96. The predicted molar refractivity (Wildman–Crippen MR) is 538 cm³/mol. The van der Waals surface area contributed by atoms with E-state index in [1.807, 2.05) is 77.2 Å². The van der Waals surface area contributed by atoms with Crippen LogP contribution in [0.1, 0.15) is 218 Å². The van der Waals surface area contributed by atoms with E-state index in [0.717, 1.165) is 20.3 Å². The molecule has 0 N–H and O–H groups in total. The molecule has 5 aromatic carbocycles. The van der Waals surface area contributed by atoms with E-state index in [0.29, 0.717) is 58.3 Å². The molecular weight excluding hydrogens is 1720 g/mol.